The van der Waals surface area contributed by atoms with Crippen LogP contribution in [0.3, 0.4) is 0 Å². The predicted octanol–water partition coefficient (Wildman–Crippen LogP) is 2.93. The second-order valence-electron chi connectivity index (χ2n) is 5.87. The van der Waals surface area contributed by atoms with Gasteiger partial charge in [0, 0.05) is 25.2 Å². The minimum absolute atomic E-state index is 0.118. The molecule has 1 saturated carbocycles. The van der Waals surface area contributed by atoms with Gasteiger partial charge in [-0.05, 0) is 49.9 Å². The van der Waals surface area contributed by atoms with Crippen molar-refractivity contribution in [2.24, 2.45) is 5.92 Å². The van der Waals surface area contributed by atoms with Crippen molar-refractivity contribution in [2.75, 3.05) is 18.9 Å². The Morgan fingerprint density at radius 3 is 2.70 bits per heavy atom. The molecule has 0 aliphatic heterocycles. The number of carbonyl (C=O) groups excluding carboxylic acids is 1. The third kappa shape index (κ3) is 3.51. The number of aliphatic hydroxyl groups excluding tert-OH is 1. The fourth-order valence-electron chi connectivity index (χ4n) is 2.70. The molecule has 0 aromatic heterocycles. The lowest BCUT2D eigenvalue weighted by Crippen LogP contribution is -2.37. The largest absolute Gasteiger partial charge is 0.393 e. The maximum Gasteiger partial charge on any atom is 0.321 e. The molecule has 1 aromatic rings. The average molecular weight is 276 g/mol. The summed E-state index contributed by atoms with van der Waals surface area (Å²) in [5.41, 5.74) is 3.19. The fraction of sp³-hybridized carbons (Fsp3) is 0.562. The van der Waals surface area contributed by atoms with E-state index in [4.69, 9.17) is 0 Å². The van der Waals surface area contributed by atoms with E-state index in [2.05, 4.69) is 12.2 Å². The number of carbonyl (C=O) groups is 1. The molecule has 0 spiro atoms. The number of benzene rings is 1. The van der Waals surface area contributed by atoms with Gasteiger partial charge in [-0.15, -0.1) is 0 Å². The molecule has 20 heavy (non-hydrogen) atoms. The number of hydrogen-bond acceptors (Lipinski definition) is 2. The molecular formula is C16H24N2O2. The molecule has 2 rings (SSSR count). The number of amides is 2. The summed E-state index contributed by atoms with van der Waals surface area (Å²) >= 11 is 0. The molecule has 2 unspecified atom stereocenters. The van der Waals surface area contributed by atoms with Gasteiger partial charge in [-0.3, -0.25) is 0 Å². The van der Waals surface area contributed by atoms with Crippen LogP contribution in [-0.2, 0) is 0 Å². The monoisotopic (exact) mass is 276 g/mol. The van der Waals surface area contributed by atoms with E-state index in [9.17, 15) is 9.90 Å². The zero-order valence-electron chi connectivity index (χ0n) is 12.5. The molecule has 0 heterocycles. The summed E-state index contributed by atoms with van der Waals surface area (Å²) in [6.45, 7) is 4.69. The van der Waals surface area contributed by atoms with Gasteiger partial charge in [0.25, 0.3) is 0 Å². The molecule has 2 atom stereocenters. The number of hydrogen-bond donors (Lipinski definition) is 2. The van der Waals surface area contributed by atoms with Crippen LogP contribution in [0.5, 0.6) is 0 Å². The lowest BCUT2D eigenvalue weighted by molar-refractivity contribution is 0.116. The van der Waals surface area contributed by atoms with Crippen LogP contribution in [0, 0.1) is 19.8 Å². The van der Waals surface area contributed by atoms with Crippen LogP contribution in [0.1, 0.15) is 30.4 Å². The van der Waals surface area contributed by atoms with E-state index in [1.54, 1.807) is 11.9 Å². The zero-order chi connectivity index (χ0) is 14.7. The molecule has 0 radical (unpaired) electrons. The summed E-state index contributed by atoms with van der Waals surface area (Å²) in [6, 6.07) is 5.78. The van der Waals surface area contributed by atoms with Gasteiger partial charge in [-0.25, -0.2) is 4.79 Å². The highest BCUT2D eigenvalue weighted by molar-refractivity contribution is 5.89. The molecule has 1 aliphatic rings. The second-order valence-corrected chi connectivity index (χ2v) is 5.87. The summed E-state index contributed by atoms with van der Waals surface area (Å²) < 4.78 is 0. The van der Waals surface area contributed by atoms with Crippen LogP contribution < -0.4 is 5.32 Å². The first kappa shape index (κ1) is 14.9. The van der Waals surface area contributed by atoms with Crippen molar-refractivity contribution in [3.63, 3.8) is 0 Å². The highest BCUT2D eigenvalue weighted by Crippen LogP contribution is 2.26. The molecule has 2 N–H and O–H groups in total. The molecular weight excluding hydrogens is 252 g/mol. The van der Waals surface area contributed by atoms with Crippen molar-refractivity contribution in [3.8, 4) is 0 Å². The molecule has 1 fully saturated rings. The van der Waals surface area contributed by atoms with Gasteiger partial charge < -0.3 is 15.3 Å². The summed E-state index contributed by atoms with van der Waals surface area (Å²) in [5, 5.41) is 12.7. The number of aryl methyl sites for hydroxylation is 2. The summed E-state index contributed by atoms with van der Waals surface area (Å²) in [7, 11) is 1.78. The van der Waals surface area contributed by atoms with Crippen LogP contribution in [0.15, 0.2) is 18.2 Å². The van der Waals surface area contributed by atoms with E-state index < -0.39 is 0 Å². The molecule has 0 bridgehead atoms. The number of urea groups is 1. The molecule has 4 heteroatoms. The molecule has 4 nitrogen and oxygen atoms in total. The van der Waals surface area contributed by atoms with Crippen LogP contribution in [0.4, 0.5) is 10.5 Å². The number of nitrogens with zero attached hydrogens (tertiary/aromatic N) is 1. The molecule has 0 saturated heterocycles. The summed E-state index contributed by atoms with van der Waals surface area (Å²) in [6.07, 6.45) is 2.66. The van der Waals surface area contributed by atoms with Crippen LogP contribution in [0.25, 0.3) is 0 Å². The maximum atomic E-state index is 12.1. The Hall–Kier alpha value is -1.55. The van der Waals surface area contributed by atoms with Crippen LogP contribution >= 0.6 is 0 Å². The highest BCUT2D eigenvalue weighted by Gasteiger charge is 2.27. The van der Waals surface area contributed by atoms with Gasteiger partial charge in [0.15, 0.2) is 0 Å². The predicted molar refractivity (Wildman–Crippen MR) is 80.9 cm³/mol. The zero-order valence-corrected chi connectivity index (χ0v) is 12.5. The van der Waals surface area contributed by atoms with E-state index in [0.717, 1.165) is 30.5 Å². The second kappa shape index (κ2) is 6.27. The van der Waals surface area contributed by atoms with E-state index in [-0.39, 0.29) is 18.1 Å². The van der Waals surface area contributed by atoms with Gasteiger partial charge in [0.1, 0.15) is 0 Å². The fourth-order valence-corrected chi connectivity index (χ4v) is 2.70. The SMILES string of the molecule is Cc1ccc(NC(=O)N(C)CC2CCCC2O)cc1C. The first-order valence-corrected chi connectivity index (χ1v) is 7.25. The average Bonchev–Trinajstić information content (AvgIpc) is 2.79. The Bertz CT molecular complexity index is 487. The van der Waals surface area contributed by atoms with Gasteiger partial charge in [-0.1, -0.05) is 12.5 Å². The Morgan fingerprint density at radius 2 is 2.10 bits per heavy atom. The Kier molecular flexibility index (Phi) is 4.65. The van der Waals surface area contributed by atoms with E-state index in [0.29, 0.717) is 6.54 Å². The first-order chi connectivity index (χ1) is 9.47. The molecule has 110 valence electrons. The van der Waals surface area contributed by atoms with Crippen molar-refractivity contribution in [1.82, 2.24) is 4.90 Å². The van der Waals surface area contributed by atoms with Crippen molar-refractivity contribution in [3.05, 3.63) is 29.3 Å². The van der Waals surface area contributed by atoms with E-state index in [1.165, 1.54) is 5.56 Å². The number of rotatable bonds is 3. The third-order valence-corrected chi connectivity index (χ3v) is 4.23. The van der Waals surface area contributed by atoms with Crippen molar-refractivity contribution in [2.45, 2.75) is 39.2 Å². The standard InChI is InChI=1S/C16H24N2O2/c1-11-7-8-14(9-12(11)2)17-16(20)18(3)10-13-5-4-6-15(13)19/h7-9,13,15,19H,4-6,10H2,1-3H3,(H,17,20). The molecule has 1 aromatic carbocycles. The Labute approximate surface area is 120 Å². The normalized spacial score (nSPS) is 21.8. The lowest BCUT2D eigenvalue weighted by Gasteiger charge is -2.23. The Morgan fingerprint density at radius 1 is 1.35 bits per heavy atom. The van der Waals surface area contributed by atoms with Crippen LogP contribution in [-0.4, -0.2) is 35.7 Å². The summed E-state index contributed by atoms with van der Waals surface area (Å²) in [4.78, 5) is 13.8. The lowest BCUT2D eigenvalue weighted by atomic mass is 10.1. The smallest absolute Gasteiger partial charge is 0.321 e. The minimum atomic E-state index is -0.258. The molecule has 1 aliphatic carbocycles. The summed E-state index contributed by atoms with van der Waals surface area (Å²) in [5.74, 6) is 0.213. The van der Waals surface area contributed by atoms with E-state index in [1.807, 2.05) is 25.1 Å². The topological polar surface area (TPSA) is 52.6 Å². The van der Waals surface area contributed by atoms with Gasteiger partial charge in [-0.2, -0.15) is 0 Å². The molecule has 2 amide bonds. The first-order valence-electron chi connectivity index (χ1n) is 7.25. The Balaban J connectivity index is 1.91. The van der Waals surface area contributed by atoms with Crippen LogP contribution in [0.2, 0.25) is 0 Å². The number of aliphatic hydroxyl groups is 1. The number of anilines is 1. The van der Waals surface area contributed by atoms with Gasteiger partial charge in [0.2, 0.25) is 0 Å². The number of nitrogens with one attached hydrogen (secondary N) is 1. The quantitative estimate of drug-likeness (QED) is 0.892. The van der Waals surface area contributed by atoms with Crippen molar-refractivity contribution >= 4 is 11.7 Å². The van der Waals surface area contributed by atoms with Gasteiger partial charge >= 0.3 is 6.03 Å². The maximum absolute atomic E-state index is 12.1. The highest BCUT2D eigenvalue weighted by atomic mass is 16.3. The van der Waals surface area contributed by atoms with Crippen molar-refractivity contribution < 1.29 is 9.90 Å². The van der Waals surface area contributed by atoms with Gasteiger partial charge in [0.05, 0.1) is 6.10 Å². The third-order valence-electron chi connectivity index (χ3n) is 4.23. The van der Waals surface area contributed by atoms with E-state index >= 15 is 0 Å². The minimum Gasteiger partial charge on any atom is -0.393 e. The van der Waals surface area contributed by atoms with Crippen molar-refractivity contribution in [1.29, 1.82) is 0 Å².